The highest BCUT2D eigenvalue weighted by Gasteiger charge is 2.15. The third kappa shape index (κ3) is 2.72. The molecule has 1 fully saturated rings. The Labute approximate surface area is 94.8 Å². The van der Waals surface area contributed by atoms with Crippen molar-refractivity contribution in [3.05, 3.63) is 22.4 Å². The van der Waals surface area contributed by atoms with E-state index in [4.69, 9.17) is 0 Å². The fourth-order valence-corrected chi connectivity index (χ4v) is 2.49. The molecular formula is C11H17N3S. The zero-order chi connectivity index (χ0) is 10.5. The zero-order valence-electron chi connectivity index (χ0n) is 9.07. The highest BCUT2D eigenvalue weighted by molar-refractivity contribution is 7.09. The van der Waals surface area contributed by atoms with E-state index in [2.05, 4.69) is 32.7 Å². The summed E-state index contributed by atoms with van der Waals surface area (Å²) in [5, 5.41) is 5.51. The molecule has 1 aliphatic rings. The molecule has 0 atom stereocenters. The van der Waals surface area contributed by atoms with E-state index in [0.717, 1.165) is 25.6 Å². The van der Waals surface area contributed by atoms with Gasteiger partial charge in [0.2, 0.25) is 0 Å². The van der Waals surface area contributed by atoms with Crippen molar-refractivity contribution in [2.24, 2.45) is 4.99 Å². The van der Waals surface area contributed by atoms with E-state index in [1.807, 2.05) is 7.05 Å². The first kappa shape index (κ1) is 10.5. The first-order valence-corrected chi connectivity index (χ1v) is 6.26. The van der Waals surface area contributed by atoms with Gasteiger partial charge in [-0.2, -0.15) is 0 Å². The van der Waals surface area contributed by atoms with E-state index in [1.54, 1.807) is 11.3 Å². The van der Waals surface area contributed by atoms with Crippen LogP contribution in [0.3, 0.4) is 0 Å². The first-order valence-electron chi connectivity index (χ1n) is 5.38. The lowest BCUT2D eigenvalue weighted by molar-refractivity contribution is 0.494. The van der Waals surface area contributed by atoms with E-state index >= 15 is 0 Å². The fraction of sp³-hybridized carbons (Fsp3) is 0.545. The van der Waals surface area contributed by atoms with Gasteiger partial charge in [-0.15, -0.1) is 11.3 Å². The second-order valence-electron chi connectivity index (χ2n) is 3.67. The van der Waals surface area contributed by atoms with Crippen LogP contribution in [0.5, 0.6) is 0 Å². The van der Waals surface area contributed by atoms with Crippen molar-refractivity contribution in [2.45, 2.75) is 19.4 Å². The molecular weight excluding hydrogens is 206 g/mol. The molecule has 2 rings (SSSR count). The van der Waals surface area contributed by atoms with E-state index in [-0.39, 0.29) is 0 Å². The van der Waals surface area contributed by atoms with E-state index in [1.165, 1.54) is 17.7 Å². The van der Waals surface area contributed by atoms with Gasteiger partial charge in [0.15, 0.2) is 5.96 Å². The largest absolute Gasteiger partial charge is 0.351 e. The lowest BCUT2D eigenvalue weighted by atomic mass is 10.4. The topological polar surface area (TPSA) is 27.6 Å². The quantitative estimate of drug-likeness (QED) is 0.613. The minimum absolute atomic E-state index is 0.890. The molecule has 0 bridgehead atoms. The lowest BCUT2D eigenvalue weighted by Crippen LogP contribution is -2.38. The number of hydrogen-bond donors (Lipinski definition) is 1. The van der Waals surface area contributed by atoms with Gasteiger partial charge in [-0.1, -0.05) is 6.07 Å². The maximum atomic E-state index is 4.31. The van der Waals surface area contributed by atoms with Crippen LogP contribution in [0, 0.1) is 0 Å². The Kier molecular flexibility index (Phi) is 3.61. The summed E-state index contributed by atoms with van der Waals surface area (Å²) in [6.45, 7) is 3.18. The van der Waals surface area contributed by atoms with Crippen molar-refractivity contribution in [1.29, 1.82) is 0 Å². The number of guanidine groups is 1. The molecule has 0 amide bonds. The van der Waals surface area contributed by atoms with E-state index < -0.39 is 0 Å². The highest BCUT2D eigenvalue weighted by Crippen LogP contribution is 2.10. The monoisotopic (exact) mass is 223 g/mol. The average Bonchev–Trinajstić information content (AvgIpc) is 2.90. The van der Waals surface area contributed by atoms with Crippen LogP contribution in [0.25, 0.3) is 0 Å². The van der Waals surface area contributed by atoms with Crippen molar-refractivity contribution in [3.8, 4) is 0 Å². The Morgan fingerprint density at radius 2 is 2.33 bits per heavy atom. The summed E-state index contributed by atoms with van der Waals surface area (Å²) in [6, 6.07) is 4.23. The number of hydrogen-bond acceptors (Lipinski definition) is 2. The SMILES string of the molecule is CN=C(NCc1cccs1)N1CCCC1. The Morgan fingerprint density at radius 1 is 1.53 bits per heavy atom. The summed E-state index contributed by atoms with van der Waals surface area (Å²) < 4.78 is 0. The van der Waals surface area contributed by atoms with Gasteiger partial charge in [0.25, 0.3) is 0 Å². The Bertz CT molecular complexity index is 313. The number of aliphatic imine (C=N–C) groups is 1. The molecule has 0 aromatic carbocycles. The molecule has 0 unspecified atom stereocenters. The van der Waals surface area contributed by atoms with Gasteiger partial charge >= 0.3 is 0 Å². The standard InChI is InChI=1S/C11H17N3S/c1-12-11(14-6-2-3-7-14)13-9-10-5-4-8-15-10/h4-5,8H,2-3,6-7,9H2,1H3,(H,12,13). The normalized spacial score (nSPS) is 17.1. The maximum Gasteiger partial charge on any atom is 0.193 e. The summed E-state index contributed by atoms with van der Waals surface area (Å²) >= 11 is 1.78. The molecule has 4 heteroatoms. The van der Waals surface area contributed by atoms with Crippen molar-refractivity contribution < 1.29 is 0 Å². The Morgan fingerprint density at radius 3 is 2.93 bits per heavy atom. The van der Waals surface area contributed by atoms with Gasteiger partial charge in [0.05, 0.1) is 6.54 Å². The van der Waals surface area contributed by atoms with Gasteiger partial charge in [-0.25, -0.2) is 0 Å². The van der Waals surface area contributed by atoms with Crippen LogP contribution in [-0.2, 0) is 6.54 Å². The maximum absolute atomic E-state index is 4.31. The average molecular weight is 223 g/mol. The zero-order valence-corrected chi connectivity index (χ0v) is 9.89. The molecule has 3 nitrogen and oxygen atoms in total. The molecule has 82 valence electrons. The summed E-state index contributed by atoms with van der Waals surface area (Å²) in [5.41, 5.74) is 0. The number of rotatable bonds is 2. The van der Waals surface area contributed by atoms with Crippen LogP contribution in [0.2, 0.25) is 0 Å². The second-order valence-corrected chi connectivity index (χ2v) is 4.71. The number of nitrogens with one attached hydrogen (secondary N) is 1. The Hall–Kier alpha value is -1.03. The molecule has 0 radical (unpaired) electrons. The van der Waals surface area contributed by atoms with Crippen molar-refractivity contribution in [1.82, 2.24) is 10.2 Å². The smallest absolute Gasteiger partial charge is 0.193 e. The summed E-state index contributed by atoms with van der Waals surface area (Å²) in [4.78, 5) is 7.99. The van der Waals surface area contributed by atoms with Crippen LogP contribution in [-0.4, -0.2) is 31.0 Å². The molecule has 1 N–H and O–H groups in total. The van der Waals surface area contributed by atoms with Gasteiger partial charge in [-0.05, 0) is 24.3 Å². The van der Waals surface area contributed by atoms with Crippen molar-refractivity contribution in [2.75, 3.05) is 20.1 Å². The third-order valence-electron chi connectivity index (χ3n) is 2.62. The van der Waals surface area contributed by atoms with Gasteiger partial charge in [0.1, 0.15) is 0 Å². The molecule has 0 aliphatic carbocycles. The summed E-state index contributed by atoms with van der Waals surface area (Å²) in [5.74, 6) is 1.04. The van der Waals surface area contributed by atoms with Gasteiger partial charge < -0.3 is 10.2 Å². The van der Waals surface area contributed by atoms with Crippen molar-refractivity contribution in [3.63, 3.8) is 0 Å². The van der Waals surface area contributed by atoms with Crippen molar-refractivity contribution >= 4 is 17.3 Å². The number of likely N-dealkylation sites (tertiary alicyclic amines) is 1. The molecule has 1 saturated heterocycles. The molecule has 0 spiro atoms. The predicted molar refractivity (Wildman–Crippen MR) is 65.3 cm³/mol. The molecule has 2 heterocycles. The molecule has 15 heavy (non-hydrogen) atoms. The van der Waals surface area contributed by atoms with Crippen LogP contribution < -0.4 is 5.32 Å². The predicted octanol–water partition coefficient (Wildman–Crippen LogP) is 1.92. The van der Waals surface area contributed by atoms with E-state index in [0.29, 0.717) is 0 Å². The van der Waals surface area contributed by atoms with Crippen LogP contribution >= 0.6 is 11.3 Å². The van der Waals surface area contributed by atoms with Crippen LogP contribution in [0.15, 0.2) is 22.5 Å². The second kappa shape index (κ2) is 5.16. The Balaban J connectivity index is 1.86. The number of thiophene rings is 1. The van der Waals surface area contributed by atoms with Crippen LogP contribution in [0.1, 0.15) is 17.7 Å². The molecule has 1 aromatic heterocycles. The van der Waals surface area contributed by atoms with Gasteiger partial charge in [-0.3, -0.25) is 4.99 Å². The molecule has 0 saturated carbocycles. The molecule has 1 aromatic rings. The minimum Gasteiger partial charge on any atom is -0.351 e. The summed E-state index contributed by atoms with van der Waals surface area (Å²) in [7, 11) is 1.86. The van der Waals surface area contributed by atoms with E-state index in [9.17, 15) is 0 Å². The lowest BCUT2D eigenvalue weighted by Gasteiger charge is -2.20. The number of nitrogens with zero attached hydrogens (tertiary/aromatic N) is 2. The highest BCUT2D eigenvalue weighted by atomic mass is 32.1. The first-order chi connectivity index (χ1) is 7.40. The summed E-state index contributed by atoms with van der Waals surface area (Å²) in [6.07, 6.45) is 2.58. The third-order valence-corrected chi connectivity index (χ3v) is 3.49. The van der Waals surface area contributed by atoms with Gasteiger partial charge in [0, 0.05) is 25.0 Å². The fourth-order valence-electron chi connectivity index (χ4n) is 1.84. The van der Waals surface area contributed by atoms with Crippen LogP contribution in [0.4, 0.5) is 0 Å². The minimum atomic E-state index is 0.890. The molecule has 1 aliphatic heterocycles.